The lowest BCUT2D eigenvalue weighted by Gasteiger charge is -2.13. The molecule has 280 valence electrons. The molecule has 12 aromatic rings. The van der Waals surface area contributed by atoms with Gasteiger partial charge in [-0.15, -0.1) is 11.3 Å². The average molecular weight is 783 g/mol. The Labute approximate surface area is 350 Å². The van der Waals surface area contributed by atoms with Crippen LogP contribution >= 0.6 is 11.3 Å². The van der Waals surface area contributed by atoms with Gasteiger partial charge in [-0.25, -0.2) is 15.0 Å². The first-order valence-corrected chi connectivity index (χ1v) is 21.0. The van der Waals surface area contributed by atoms with Gasteiger partial charge in [-0.1, -0.05) is 164 Å². The Morgan fingerprint density at radius 1 is 0.367 bits per heavy atom. The molecule has 0 aliphatic carbocycles. The van der Waals surface area contributed by atoms with Crippen LogP contribution in [0.3, 0.4) is 0 Å². The summed E-state index contributed by atoms with van der Waals surface area (Å²) in [6, 6.07) is 73.0. The number of hydrogen-bond acceptors (Lipinski definition) is 4. The van der Waals surface area contributed by atoms with Crippen molar-refractivity contribution in [2.75, 3.05) is 0 Å². The van der Waals surface area contributed by atoms with Crippen LogP contribution in [-0.2, 0) is 0 Å². The van der Waals surface area contributed by atoms with Gasteiger partial charge in [-0.2, -0.15) is 0 Å². The lowest BCUT2D eigenvalue weighted by atomic mass is 9.99. The number of para-hydroxylation sites is 2. The molecule has 60 heavy (non-hydrogen) atoms. The molecule has 4 nitrogen and oxygen atoms in total. The van der Waals surface area contributed by atoms with E-state index >= 15 is 0 Å². The quantitative estimate of drug-likeness (QED) is 0.169. The van der Waals surface area contributed by atoms with Crippen LogP contribution in [0.5, 0.6) is 0 Å². The summed E-state index contributed by atoms with van der Waals surface area (Å²) >= 11 is 1.84. The number of aromatic nitrogens is 4. The van der Waals surface area contributed by atoms with Crippen molar-refractivity contribution in [2.45, 2.75) is 0 Å². The van der Waals surface area contributed by atoms with E-state index in [4.69, 9.17) is 15.0 Å². The first kappa shape index (κ1) is 34.3. The molecule has 8 aromatic carbocycles. The maximum atomic E-state index is 5.44. The lowest BCUT2D eigenvalue weighted by Crippen LogP contribution is -1.98. The van der Waals surface area contributed by atoms with Crippen LogP contribution < -0.4 is 0 Å². The molecule has 12 rings (SSSR count). The first-order valence-electron chi connectivity index (χ1n) is 20.2. The summed E-state index contributed by atoms with van der Waals surface area (Å²) in [4.78, 5) is 15.9. The van der Waals surface area contributed by atoms with Gasteiger partial charge in [0, 0.05) is 64.3 Å². The van der Waals surface area contributed by atoms with Crippen LogP contribution in [0.2, 0.25) is 0 Å². The Kier molecular flexibility index (Phi) is 8.00. The van der Waals surface area contributed by atoms with E-state index in [2.05, 4.69) is 205 Å². The van der Waals surface area contributed by atoms with Crippen molar-refractivity contribution in [3.63, 3.8) is 0 Å². The molecule has 4 heterocycles. The number of thiophene rings is 1. The molecule has 0 atom stereocenters. The van der Waals surface area contributed by atoms with Crippen molar-refractivity contribution in [1.29, 1.82) is 0 Å². The zero-order valence-corrected chi connectivity index (χ0v) is 33.1. The van der Waals surface area contributed by atoms with Crippen molar-refractivity contribution in [3.05, 3.63) is 206 Å². The summed E-state index contributed by atoms with van der Waals surface area (Å²) in [5.74, 6) is 0.676. The van der Waals surface area contributed by atoms with Gasteiger partial charge >= 0.3 is 0 Å². The number of benzene rings is 8. The second-order valence-electron chi connectivity index (χ2n) is 15.2. The number of nitrogens with zero attached hydrogens (tertiary/aromatic N) is 4. The Bertz CT molecular complexity index is 3530. The zero-order chi connectivity index (χ0) is 39.6. The molecule has 5 heteroatoms. The Morgan fingerprint density at radius 2 is 0.933 bits per heavy atom. The van der Waals surface area contributed by atoms with Crippen LogP contribution in [0.25, 0.3) is 115 Å². The summed E-state index contributed by atoms with van der Waals surface area (Å²) < 4.78 is 4.86. The molecular weight excluding hydrogens is 749 g/mol. The summed E-state index contributed by atoms with van der Waals surface area (Å²) in [6.07, 6.45) is 0. The van der Waals surface area contributed by atoms with Crippen molar-refractivity contribution in [3.8, 4) is 62.0 Å². The molecular formula is C55H34N4S. The highest BCUT2D eigenvalue weighted by atomic mass is 32.1. The van der Waals surface area contributed by atoms with E-state index in [1.54, 1.807) is 0 Å². The van der Waals surface area contributed by atoms with Crippen LogP contribution in [0.15, 0.2) is 206 Å². The normalized spacial score (nSPS) is 11.7. The molecule has 0 radical (unpaired) electrons. The fraction of sp³-hybridized carbons (Fsp3) is 0. The van der Waals surface area contributed by atoms with Gasteiger partial charge in [-0.05, 0) is 53.6 Å². The van der Waals surface area contributed by atoms with E-state index in [0.29, 0.717) is 5.82 Å². The SMILES string of the molecule is c1ccc(-c2ccc3c(c2)nc(-c2ccc(-c4cc(-c5ccccc5)nc(-c5cccc(-n6c7ccccc7c7ccccc76)c5)n4)cc2)c2c4ccccc4sc32)cc1. The molecule has 0 bridgehead atoms. The predicted octanol–water partition coefficient (Wildman–Crippen LogP) is 14.8. The molecule has 0 unspecified atom stereocenters. The third kappa shape index (κ3) is 5.70. The maximum absolute atomic E-state index is 5.44. The van der Waals surface area contributed by atoms with E-state index in [0.717, 1.165) is 56.1 Å². The van der Waals surface area contributed by atoms with Crippen LogP contribution in [0.1, 0.15) is 0 Å². The van der Waals surface area contributed by atoms with Gasteiger partial charge < -0.3 is 4.57 Å². The van der Waals surface area contributed by atoms with Gasteiger partial charge in [0.2, 0.25) is 0 Å². The number of fused-ring (bicyclic) bond motifs is 8. The number of hydrogen-bond donors (Lipinski definition) is 0. The van der Waals surface area contributed by atoms with Gasteiger partial charge in [0.1, 0.15) is 0 Å². The van der Waals surface area contributed by atoms with Gasteiger partial charge in [0.05, 0.1) is 33.6 Å². The zero-order valence-electron chi connectivity index (χ0n) is 32.3. The first-order chi connectivity index (χ1) is 29.7. The second kappa shape index (κ2) is 14.0. The van der Waals surface area contributed by atoms with Crippen molar-refractivity contribution in [2.24, 2.45) is 0 Å². The standard InChI is InChI=1S/C55H34N4S/c1-3-14-35(15-4-1)39-30-31-44-48(33-39)56-53(52-45-22-9-12-25-51(45)60-54(44)52)38-28-26-37(27-29-38)47-34-46(36-16-5-2-6-17-36)57-55(58-47)40-18-13-19-41(32-40)59-49-23-10-7-20-42(49)43-21-8-11-24-50(43)59/h1-34H. The Morgan fingerprint density at radius 3 is 1.65 bits per heavy atom. The van der Waals surface area contributed by atoms with E-state index in [1.165, 1.54) is 52.9 Å². The van der Waals surface area contributed by atoms with Gasteiger partial charge in [-0.3, -0.25) is 0 Å². The molecule has 4 aromatic heterocycles. The van der Waals surface area contributed by atoms with Crippen molar-refractivity contribution >= 4 is 64.2 Å². The monoisotopic (exact) mass is 782 g/mol. The number of rotatable bonds is 6. The van der Waals surface area contributed by atoms with E-state index in [9.17, 15) is 0 Å². The largest absolute Gasteiger partial charge is 0.309 e. The minimum Gasteiger partial charge on any atom is -0.309 e. The van der Waals surface area contributed by atoms with Crippen molar-refractivity contribution in [1.82, 2.24) is 19.5 Å². The molecule has 0 fully saturated rings. The van der Waals surface area contributed by atoms with Crippen LogP contribution in [0, 0.1) is 0 Å². The average Bonchev–Trinajstić information content (AvgIpc) is 3.88. The summed E-state index contributed by atoms with van der Waals surface area (Å²) in [5.41, 5.74) is 13.5. The van der Waals surface area contributed by atoms with Gasteiger partial charge in [0.15, 0.2) is 5.82 Å². The molecule has 0 aliphatic heterocycles. The third-order valence-corrected chi connectivity index (χ3v) is 12.8. The number of pyridine rings is 1. The van der Waals surface area contributed by atoms with Gasteiger partial charge in [0.25, 0.3) is 0 Å². The maximum Gasteiger partial charge on any atom is 0.160 e. The summed E-state index contributed by atoms with van der Waals surface area (Å²) in [7, 11) is 0. The summed E-state index contributed by atoms with van der Waals surface area (Å²) in [5, 5.41) is 6.07. The molecule has 0 N–H and O–H groups in total. The van der Waals surface area contributed by atoms with E-state index in [1.807, 2.05) is 17.4 Å². The molecule has 0 amide bonds. The Hall–Kier alpha value is -7.73. The topological polar surface area (TPSA) is 43.6 Å². The van der Waals surface area contributed by atoms with Crippen LogP contribution in [0.4, 0.5) is 0 Å². The van der Waals surface area contributed by atoms with E-state index in [-0.39, 0.29) is 0 Å². The molecule has 0 aliphatic rings. The van der Waals surface area contributed by atoms with E-state index < -0.39 is 0 Å². The van der Waals surface area contributed by atoms with Crippen LogP contribution in [-0.4, -0.2) is 19.5 Å². The van der Waals surface area contributed by atoms with Crippen molar-refractivity contribution < 1.29 is 0 Å². The molecule has 0 saturated heterocycles. The summed E-state index contributed by atoms with van der Waals surface area (Å²) in [6.45, 7) is 0. The minimum atomic E-state index is 0.676. The highest BCUT2D eigenvalue weighted by molar-refractivity contribution is 7.26. The second-order valence-corrected chi connectivity index (χ2v) is 16.2. The lowest BCUT2D eigenvalue weighted by molar-refractivity contribution is 1.16. The Balaban J connectivity index is 0.995. The predicted molar refractivity (Wildman–Crippen MR) is 252 cm³/mol. The fourth-order valence-corrected chi connectivity index (χ4v) is 9.98. The minimum absolute atomic E-state index is 0.676. The fourth-order valence-electron chi connectivity index (χ4n) is 8.75. The molecule has 0 saturated carbocycles. The third-order valence-electron chi connectivity index (χ3n) is 11.6. The highest BCUT2D eigenvalue weighted by Gasteiger charge is 2.19. The highest BCUT2D eigenvalue weighted by Crippen LogP contribution is 2.44. The smallest absolute Gasteiger partial charge is 0.160 e. The molecule has 0 spiro atoms.